The van der Waals surface area contributed by atoms with E-state index < -0.39 is 0 Å². The third-order valence-electron chi connectivity index (χ3n) is 3.79. The average molecular weight is 302 g/mol. The number of para-hydroxylation sites is 1. The maximum atomic E-state index is 12.7. The first kappa shape index (κ1) is 14.1. The van der Waals surface area contributed by atoms with Crippen molar-refractivity contribution < 1.29 is 9.53 Å². The molecule has 3 nitrogen and oxygen atoms in total. The van der Waals surface area contributed by atoms with Gasteiger partial charge in [-0.1, -0.05) is 35.9 Å². The van der Waals surface area contributed by atoms with Gasteiger partial charge in [-0.15, -0.1) is 0 Å². The molecule has 0 saturated heterocycles. The Morgan fingerprint density at radius 3 is 2.81 bits per heavy atom. The van der Waals surface area contributed by atoms with Crippen molar-refractivity contribution in [2.75, 3.05) is 18.6 Å². The topological polar surface area (TPSA) is 29.5 Å². The van der Waals surface area contributed by atoms with Gasteiger partial charge in [-0.25, -0.2) is 0 Å². The Labute approximate surface area is 129 Å². The molecule has 2 aromatic rings. The predicted octanol–water partition coefficient (Wildman–Crippen LogP) is 4.08. The minimum atomic E-state index is -0.0282. The Morgan fingerprint density at radius 1 is 1.24 bits per heavy atom. The number of methoxy groups -OCH3 is 1. The van der Waals surface area contributed by atoms with Crippen LogP contribution in [0, 0.1) is 0 Å². The van der Waals surface area contributed by atoms with Gasteiger partial charge in [0.15, 0.2) is 0 Å². The van der Waals surface area contributed by atoms with Crippen LogP contribution in [0.15, 0.2) is 48.5 Å². The number of anilines is 1. The molecule has 0 bridgehead atoms. The second kappa shape index (κ2) is 5.88. The third kappa shape index (κ3) is 2.67. The first-order chi connectivity index (χ1) is 10.2. The van der Waals surface area contributed by atoms with Crippen LogP contribution in [0.1, 0.15) is 28.4 Å². The van der Waals surface area contributed by atoms with Gasteiger partial charge in [0.25, 0.3) is 5.91 Å². The first-order valence-electron chi connectivity index (χ1n) is 6.90. The number of hydrogen-bond donors (Lipinski definition) is 0. The molecule has 1 aliphatic heterocycles. The molecule has 2 aromatic carbocycles. The number of carbonyl (C=O) groups is 1. The number of rotatable bonds is 2. The second-order valence-electron chi connectivity index (χ2n) is 5.04. The smallest absolute Gasteiger partial charge is 0.258 e. The highest BCUT2D eigenvalue weighted by Gasteiger charge is 2.28. The van der Waals surface area contributed by atoms with Crippen molar-refractivity contribution in [3.8, 4) is 0 Å². The Morgan fingerprint density at radius 2 is 2.05 bits per heavy atom. The van der Waals surface area contributed by atoms with Crippen LogP contribution in [0.5, 0.6) is 0 Å². The van der Waals surface area contributed by atoms with E-state index in [-0.39, 0.29) is 12.0 Å². The maximum absolute atomic E-state index is 12.7. The van der Waals surface area contributed by atoms with Gasteiger partial charge < -0.3 is 9.64 Å². The molecule has 0 spiro atoms. The van der Waals surface area contributed by atoms with Crippen LogP contribution in [0.25, 0.3) is 0 Å². The molecule has 1 amide bonds. The number of ether oxygens (including phenoxy) is 1. The molecular formula is C17H16ClNO2. The van der Waals surface area contributed by atoms with E-state index in [1.165, 1.54) is 0 Å². The van der Waals surface area contributed by atoms with Gasteiger partial charge in [0.05, 0.1) is 6.10 Å². The van der Waals surface area contributed by atoms with E-state index in [0.717, 1.165) is 17.7 Å². The number of amides is 1. The fourth-order valence-corrected chi connectivity index (χ4v) is 2.95. The quantitative estimate of drug-likeness (QED) is 0.836. The van der Waals surface area contributed by atoms with Crippen LogP contribution >= 0.6 is 11.6 Å². The van der Waals surface area contributed by atoms with E-state index in [4.69, 9.17) is 16.3 Å². The highest BCUT2D eigenvalue weighted by Crippen LogP contribution is 2.36. The molecule has 0 fully saturated rings. The van der Waals surface area contributed by atoms with Crippen LogP contribution in [-0.4, -0.2) is 19.6 Å². The van der Waals surface area contributed by atoms with Gasteiger partial charge in [0, 0.05) is 35.5 Å². The van der Waals surface area contributed by atoms with Crippen LogP contribution in [0.2, 0.25) is 5.02 Å². The molecule has 0 aliphatic carbocycles. The van der Waals surface area contributed by atoms with Crippen LogP contribution < -0.4 is 4.90 Å². The standard InChI is InChI=1S/C17H16ClNO2/c1-21-16-9-10-19(15-8-3-2-7-14(15)16)17(20)12-5-4-6-13(18)11-12/h2-8,11,16H,9-10H2,1H3. The van der Waals surface area contributed by atoms with Gasteiger partial charge in [0.2, 0.25) is 0 Å². The summed E-state index contributed by atoms with van der Waals surface area (Å²) in [4.78, 5) is 14.5. The summed E-state index contributed by atoms with van der Waals surface area (Å²) in [6.45, 7) is 0.640. The van der Waals surface area contributed by atoms with E-state index in [2.05, 4.69) is 0 Å². The van der Waals surface area contributed by atoms with Crippen LogP contribution in [-0.2, 0) is 4.74 Å². The molecule has 0 aromatic heterocycles. The lowest BCUT2D eigenvalue weighted by Gasteiger charge is -2.33. The average Bonchev–Trinajstić information content (AvgIpc) is 2.53. The van der Waals surface area contributed by atoms with Gasteiger partial charge in [-0.3, -0.25) is 4.79 Å². The Hall–Kier alpha value is -1.84. The van der Waals surface area contributed by atoms with Crippen molar-refractivity contribution in [1.29, 1.82) is 0 Å². The number of hydrogen-bond acceptors (Lipinski definition) is 2. The van der Waals surface area contributed by atoms with E-state index >= 15 is 0 Å². The predicted molar refractivity (Wildman–Crippen MR) is 83.9 cm³/mol. The van der Waals surface area contributed by atoms with Crippen molar-refractivity contribution in [2.45, 2.75) is 12.5 Å². The molecular weight excluding hydrogens is 286 g/mol. The zero-order valence-electron chi connectivity index (χ0n) is 11.8. The molecule has 1 heterocycles. The molecule has 0 saturated carbocycles. The van der Waals surface area contributed by atoms with Crippen LogP contribution in [0.4, 0.5) is 5.69 Å². The highest BCUT2D eigenvalue weighted by atomic mass is 35.5. The minimum Gasteiger partial charge on any atom is -0.377 e. The van der Waals surface area contributed by atoms with E-state index in [1.807, 2.05) is 24.3 Å². The van der Waals surface area contributed by atoms with Gasteiger partial charge in [-0.2, -0.15) is 0 Å². The van der Waals surface area contributed by atoms with Crippen molar-refractivity contribution in [3.63, 3.8) is 0 Å². The number of fused-ring (bicyclic) bond motifs is 1. The van der Waals surface area contributed by atoms with Crippen molar-refractivity contribution in [2.24, 2.45) is 0 Å². The molecule has 0 N–H and O–H groups in total. The molecule has 1 atom stereocenters. The van der Waals surface area contributed by atoms with E-state index in [9.17, 15) is 4.79 Å². The summed E-state index contributed by atoms with van der Waals surface area (Å²) in [5, 5.41) is 0.570. The summed E-state index contributed by atoms with van der Waals surface area (Å²) >= 11 is 5.98. The fourth-order valence-electron chi connectivity index (χ4n) is 2.76. The van der Waals surface area contributed by atoms with E-state index in [1.54, 1.807) is 36.3 Å². The molecule has 3 rings (SSSR count). The number of halogens is 1. The summed E-state index contributed by atoms with van der Waals surface area (Å²) in [5.41, 5.74) is 2.58. The first-order valence-corrected chi connectivity index (χ1v) is 7.27. The Bertz CT molecular complexity index is 671. The zero-order chi connectivity index (χ0) is 14.8. The summed E-state index contributed by atoms with van der Waals surface area (Å²) < 4.78 is 5.51. The largest absolute Gasteiger partial charge is 0.377 e. The molecule has 1 aliphatic rings. The molecule has 1 unspecified atom stereocenters. The number of carbonyl (C=O) groups excluding carboxylic acids is 1. The summed E-state index contributed by atoms with van der Waals surface area (Å²) in [7, 11) is 1.70. The van der Waals surface area contributed by atoms with Crippen LogP contribution in [0.3, 0.4) is 0 Å². The number of benzene rings is 2. The third-order valence-corrected chi connectivity index (χ3v) is 4.03. The van der Waals surface area contributed by atoms with Crippen molar-refractivity contribution in [3.05, 3.63) is 64.7 Å². The van der Waals surface area contributed by atoms with Gasteiger partial charge in [-0.05, 0) is 30.7 Å². The summed E-state index contributed by atoms with van der Waals surface area (Å²) in [6, 6.07) is 14.9. The monoisotopic (exact) mass is 301 g/mol. The lowest BCUT2D eigenvalue weighted by Crippen LogP contribution is -2.37. The molecule has 108 valence electrons. The molecule has 0 radical (unpaired) electrons. The highest BCUT2D eigenvalue weighted by molar-refractivity contribution is 6.31. The normalized spacial score (nSPS) is 17.4. The fraction of sp³-hybridized carbons (Fsp3) is 0.235. The van der Waals surface area contributed by atoms with Crippen molar-refractivity contribution >= 4 is 23.2 Å². The van der Waals surface area contributed by atoms with Crippen molar-refractivity contribution in [1.82, 2.24) is 0 Å². The number of nitrogens with zero attached hydrogens (tertiary/aromatic N) is 1. The Balaban J connectivity index is 1.98. The lowest BCUT2D eigenvalue weighted by atomic mass is 9.98. The lowest BCUT2D eigenvalue weighted by molar-refractivity contribution is 0.0868. The second-order valence-corrected chi connectivity index (χ2v) is 5.48. The van der Waals surface area contributed by atoms with E-state index in [0.29, 0.717) is 17.1 Å². The zero-order valence-corrected chi connectivity index (χ0v) is 12.5. The molecule has 4 heteroatoms. The Kier molecular flexibility index (Phi) is 3.95. The molecule has 21 heavy (non-hydrogen) atoms. The van der Waals surface area contributed by atoms with Gasteiger partial charge >= 0.3 is 0 Å². The SMILES string of the molecule is COC1CCN(C(=O)c2cccc(Cl)c2)c2ccccc21. The summed E-state index contributed by atoms with van der Waals surface area (Å²) in [6.07, 6.45) is 0.837. The van der Waals surface area contributed by atoms with Gasteiger partial charge in [0.1, 0.15) is 0 Å². The summed E-state index contributed by atoms with van der Waals surface area (Å²) in [5.74, 6) is -0.0282. The minimum absolute atomic E-state index is 0.0282. The maximum Gasteiger partial charge on any atom is 0.258 e.